The van der Waals surface area contributed by atoms with E-state index in [0.717, 1.165) is 18.3 Å². The van der Waals surface area contributed by atoms with Crippen LogP contribution in [0.15, 0.2) is 29.3 Å². The third-order valence-corrected chi connectivity index (χ3v) is 4.57. The molecule has 0 aliphatic carbocycles. The lowest BCUT2D eigenvalue weighted by molar-refractivity contribution is 0.838. The zero-order valence-electron chi connectivity index (χ0n) is 11.4. The van der Waals surface area contributed by atoms with Gasteiger partial charge in [-0.15, -0.1) is 0 Å². The summed E-state index contributed by atoms with van der Waals surface area (Å²) in [5.41, 5.74) is 2.72. The van der Waals surface area contributed by atoms with Crippen LogP contribution in [-0.2, 0) is 6.54 Å². The molecule has 1 unspecified atom stereocenters. The maximum atomic E-state index is 4.52. The summed E-state index contributed by atoms with van der Waals surface area (Å²) in [7, 11) is 0. The molecule has 0 fully saturated rings. The first kappa shape index (κ1) is 13.5. The molecule has 3 heteroatoms. The van der Waals surface area contributed by atoms with Gasteiger partial charge in [0.2, 0.25) is 0 Å². The zero-order valence-corrected chi connectivity index (χ0v) is 12.3. The molecule has 0 spiro atoms. The first-order valence-corrected chi connectivity index (χ1v) is 7.60. The van der Waals surface area contributed by atoms with Crippen LogP contribution in [0.5, 0.6) is 0 Å². The molecule has 1 aliphatic rings. The van der Waals surface area contributed by atoms with E-state index < -0.39 is 0 Å². The molecule has 2 nitrogen and oxygen atoms in total. The highest BCUT2D eigenvalue weighted by Crippen LogP contribution is 2.22. The molecule has 18 heavy (non-hydrogen) atoms. The van der Waals surface area contributed by atoms with Gasteiger partial charge >= 0.3 is 0 Å². The summed E-state index contributed by atoms with van der Waals surface area (Å²) in [6.45, 7) is 8.52. The Kier molecular flexibility index (Phi) is 4.70. The Morgan fingerprint density at radius 2 is 2.06 bits per heavy atom. The lowest BCUT2D eigenvalue weighted by Gasteiger charge is -2.09. The predicted molar refractivity (Wildman–Crippen MR) is 81.3 cm³/mol. The number of hydrogen-bond donors (Lipinski definition) is 1. The van der Waals surface area contributed by atoms with Gasteiger partial charge in [0.1, 0.15) is 0 Å². The standard InChI is InChI=1S/C15H22N2S/c1-4-14-10-17-15(18-14)16-9-12-5-7-13(8-6-12)11(2)3/h5-8,11,14H,4,9-10H2,1-3H3,(H,16,17). The molecule has 98 valence electrons. The van der Waals surface area contributed by atoms with Gasteiger partial charge in [-0.1, -0.05) is 56.8 Å². The van der Waals surface area contributed by atoms with Crippen molar-refractivity contribution in [1.82, 2.24) is 5.32 Å². The van der Waals surface area contributed by atoms with Crippen LogP contribution in [0.3, 0.4) is 0 Å². The average Bonchev–Trinajstić information content (AvgIpc) is 2.85. The van der Waals surface area contributed by atoms with Gasteiger partial charge in [0, 0.05) is 11.8 Å². The molecule has 1 atom stereocenters. The molecule has 0 amide bonds. The third-order valence-electron chi connectivity index (χ3n) is 3.26. The fraction of sp³-hybridized carbons (Fsp3) is 0.533. The summed E-state index contributed by atoms with van der Waals surface area (Å²) in [6, 6.07) is 8.86. The molecular weight excluding hydrogens is 240 g/mol. The summed E-state index contributed by atoms with van der Waals surface area (Å²) < 4.78 is 0. The van der Waals surface area contributed by atoms with Crippen molar-refractivity contribution in [1.29, 1.82) is 0 Å². The number of aliphatic imine (C=N–C) groups is 1. The lowest BCUT2D eigenvalue weighted by Crippen LogP contribution is -2.18. The molecule has 1 N–H and O–H groups in total. The molecule has 1 aromatic carbocycles. The van der Waals surface area contributed by atoms with Crippen molar-refractivity contribution >= 4 is 16.9 Å². The van der Waals surface area contributed by atoms with Crippen LogP contribution in [0.1, 0.15) is 44.2 Å². The average molecular weight is 262 g/mol. The second kappa shape index (κ2) is 6.28. The minimum Gasteiger partial charge on any atom is -0.361 e. The Bertz CT molecular complexity index is 409. The second-order valence-corrected chi connectivity index (χ2v) is 6.33. The van der Waals surface area contributed by atoms with Gasteiger partial charge in [0.15, 0.2) is 5.17 Å². The fourth-order valence-electron chi connectivity index (χ4n) is 1.93. The highest BCUT2D eigenvalue weighted by Gasteiger charge is 2.16. The summed E-state index contributed by atoms with van der Waals surface area (Å²) in [6.07, 6.45) is 1.20. The van der Waals surface area contributed by atoms with Crippen LogP contribution in [0.4, 0.5) is 0 Å². The SMILES string of the molecule is CCC1CN=C(NCc2ccc(C(C)C)cc2)S1. The monoisotopic (exact) mass is 262 g/mol. The number of amidine groups is 1. The molecule has 1 heterocycles. The summed E-state index contributed by atoms with van der Waals surface area (Å²) in [5, 5.41) is 5.21. The minimum absolute atomic E-state index is 0.604. The fourth-order valence-corrected chi connectivity index (χ4v) is 2.86. The molecule has 0 saturated carbocycles. The summed E-state index contributed by atoms with van der Waals surface area (Å²) >= 11 is 1.88. The van der Waals surface area contributed by atoms with Crippen LogP contribution in [0.2, 0.25) is 0 Å². The van der Waals surface area contributed by atoms with Crippen molar-refractivity contribution in [2.75, 3.05) is 6.54 Å². The molecule has 0 bridgehead atoms. The van der Waals surface area contributed by atoms with E-state index in [9.17, 15) is 0 Å². The van der Waals surface area contributed by atoms with E-state index in [1.54, 1.807) is 0 Å². The van der Waals surface area contributed by atoms with Gasteiger partial charge in [-0.05, 0) is 23.5 Å². The normalized spacial score (nSPS) is 19.1. The Labute approximate surface area is 114 Å². The summed E-state index contributed by atoms with van der Waals surface area (Å²) in [4.78, 5) is 4.52. The molecule has 0 radical (unpaired) electrons. The summed E-state index contributed by atoms with van der Waals surface area (Å²) in [5.74, 6) is 0.604. The second-order valence-electron chi connectivity index (χ2n) is 5.04. The van der Waals surface area contributed by atoms with E-state index in [4.69, 9.17) is 0 Å². The largest absolute Gasteiger partial charge is 0.361 e. The van der Waals surface area contributed by atoms with Crippen LogP contribution in [0.25, 0.3) is 0 Å². The highest BCUT2D eigenvalue weighted by molar-refractivity contribution is 8.14. The van der Waals surface area contributed by atoms with E-state index >= 15 is 0 Å². The molecule has 0 aromatic heterocycles. The zero-order chi connectivity index (χ0) is 13.0. The Balaban J connectivity index is 1.84. The number of rotatable bonds is 4. The van der Waals surface area contributed by atoms with Crippen LogP contribution in [-0.4, -0.2) is 17.0 Å². The van der Waals surface area contributed by atoms with Crippen molar-refractivity contribution in [3.63, 3.8) is 0 Å². The van der Waals surface area contributed by atoms with Gasteiger partial charge in [0.05, 0.1) is 6.54 Å². The Hall–Kier alpha value is -0.960. The minimum atomic E-state index is 0.604. The quantitative estimate of drug-likeness (QED) is 0.893. The maximum absolute atomic E-state index is 4.52. The van der Waals surface area contributed by atoms with Crippen LogP contribution in [0, 0.1) is 0 Å². The van der Waals surface area contributed by atoms with E-state index in [-0.39, 0.29) is 0 Å². The van der Waals surface area contributed by atoms with Gasteiger partial charge in [0.25, 0.3) is 0 Å². The van der Waals surface area contributed by atoms with E-state index in [1.807, 2.05) is 11.8 Å². The number of nitrogens with zero attached hydrogens (tertiary/aromatic N) is 1. The smallest absolute Gasteiger partial charge is 0.157 e. The third kappa shape index (κ3) is 3.52. The maximum Gasteiger partial charge on any atom is 0.157 e. The van der Waals surface area contributed by atoms with E-state index in [2.05, 4.69) is 55.3 Å². The molecule has 2 rings (SSSR count). The van der Waals surface area contributed by atoms with Gasteiger partial charge in [-0.25, -0.2) is 0 Å². The van der Waals surface area contributed by atoms with Crippen molar-refractivity contribution in [3.8, 4) is 0 Å². The Morgan fingerprint density at radius 3 is 2.61 bits per heavy atom. The van der Waals surface area contributed by atoms with E-state index in [0.29, 0.717) is 11.2 Å². The van der Waals surface area contributed by atoms with Gasteiger partial charge < -0.3 is 5.32 Å². The van der Waals surface area contributed by atoms with Crippen LogP contribution >= 0.6 is 11.8 Å². The first-order chi connectivity index (χ1) is 8.69. The van der Waals surface area contributed by atoms with Crippen molar-refractivity contribution < 1.29 is 0 Å². The van der Waals surface area contributed by atoms with E-state index in [1.165, 1.54) is 17.5 Å². The van der Waals surface area contributed by atoms with Gasteiger partial charge in [-0.3, -0.25) is 4.99 Å². The van der Waals surface area contributed by atoms with Crippen molar-refractivity contribution in [3.05, 3.63) is 35.4 Å². The van der Waals surface area contributed by atoms with Crippen molar-refractivity contribution in [2.45, 2.75) is 44.9 Å². The van der Waals surface area contributed by atoms with Gasteiger partial charge in [-0.2, -0.15) is 0 Å². The number of hydrogen-bond acceptors (Lipinski definition) is 3. The molecule has 0 saturated heterocycles. The molecule has 1 aliphatic heterocycles. The molecule has 1 aromatic rings. The number of thioether (sulfide) groups is 1. The lowest BCUT2D eigenvalue weighted by atomic mass is 10.0. The number of nitrogens with one attached hydrogen (secondary N) is 1. The first-order valence-electron chi connectivity index (χ1n) is 6.73. The Morgan fingerprint density at radius 1 is 1.33 bits per heavy atom. The number of benzene rings is 1. The van der Waals surface area contributed by atoms with Crippen molar-refractivity contribution in [2.24, 2.45) is 4.99 Å². The molecular formula is C15H22N2S. The highest BCUT2D eigenvalue weighted by atomic mass is 32.2. The van der Waals surface area contributed by atoms with Crippen LogP contribution < -0.4 is 5.32 Å². The topological polar surface area (TPSA) is 24.4 Å². The predicted octanol–water partition coefficient (Wildman–Crippen LogP) is 3.78.